The molecule has 0 radical (unpaired) electrons. The van der Waals surface area contributed by atoms with Gasteiger partial charge in [-0.3, -0.25) is 4.99 Å². The van der Waals surface area contributed by atoms with Crippen LogP contribution in [-0.4, -0.2) is 39.2 Å². The van der Waals surface area contributed by atoms with E-state index in [0.29, 0.717) is 42.7 Å². The maximum absolute atomic E-state index is 5.97. The lowest BCUT2D eigenvalue weighted by molar-refractivity contribution is 0.131. The van der Waals surface area contributed by atoms with Crippen LogP contribution >= 0.6 is 0 Å². The summed E-state index contributed by atoms with van der Waals surface area (Å²) in [5.74, 6) is 0.802. The summed E-state index contributed by atoms with van der Waals surface area (Å²) in [4.78, 5) is 17.1. The van der Waals surface area contributed by atoms with Crippen molar-refractivity contribution >= 4 is 29.1 Å². The summed E-state index contributed by atoms with van der Waals surface area (Å²) < 4.78 is 7.52. The Morgan fingerprint density at radius 1 is 1.32 bits per heavy atom. The first kappa shape index (κ1) is 19.3. The van der Waals surface area contributed by atoms with Crippen molar-refractivity contribution in [2.75, 3.05) is 24.7 Å². The second kappa shape index (κ2) is 8.96. The van der Waals surface area contributed by atoms with Crippen LogP contribution in [-0.2, 0) is 17.9 Å². The minimum absolute atomic E-state index is 0.314. The van der Waals surface area contributed by atoms with Gasteiger partial charge in [0, 0.05) is 44.4 Å². The first-order valence-corrected chi connectivity index (χ1v) is 8.89. The van der Waals surface area contributed by atoms with Gasteiger partial charge in [0.25, 0.3) is 0 Å². The Balaban J connectivity index is 1.80. The van der Waals surface area contributed by atoms with Gasteiger partial charge in [-0.15, -0.1) is 0 Å². The van der Waals surface area contributed by atoms with Crippen molar-refractivity contribution in [2.45, 2.75) is 20.1 Å². The predicted molar refractivity (Wildman–Crippen MR) is 111 cm³/mol. The molecule has 0 spiro atoms. The van der Waals surface area contributed by atoms with Crippen molar-refractivity contribution in [1.82, 2.24) is 19.4 Å². The fourth-order valence-electron chi connectivity index (χ4n) is 2.68. The standard InChI is InChI=1S/C19H24N8O/c1-3-28-12-15-9-23-17-5-4-13(11-27(15)17)7-25-19-18(21)24-10-16(26-19)14(6-20)8-22-2/h4-6,8-11H,3,7,12,20H2,1-2H3,(H2,21,24)(H,25,26). The van der Waals surface area contributed by atoms with Gasteiger partial charge >= 0.3 is 0 Å². The number of nitrogens with zero attached hydrogens (tertiary/aromatic N) is 5. The molecule has 0 aromatic carbocycles. The highest BCUT2D eigenvalue weighted by Gasteiger charge is 2.09. The smallest absolute Gasteiger partial charge is 0.169 e. The van der Waals surface area contributed by atoms with Crippen LogP contribution in [0.2, 0.25) is 0 Å². The van der Waals surface area contributed by atoms with Crippen molar-refractivity contribution in [3.05, 3.63) is 53.9 Å². The third kappa shape index (κ3) is 4.26. The maximum Gasteiger partial charge on any atom is 0.169 e. The summed E-state index contributed by atoms with van der Waals surface area (Å²) in [5.41, 5.74) is 15.8. The van der Waals surface area contributed by atoms with Crippen LogP contribution < -0.4 is 16.8 Å². The van der Waals surface area contributed by atoms with Crippen LogP contribution in [0.5, 0.6) is 0 Å². The SMILES string of the molecule is CCOCc1cnc2ccc(CNc3nc(C(C=NC)=CN)cnc3N)cn12. The first-order chi connectivity index (χ1) is 13.7. The number of imidazole rings is 1. The van der Waals surface area contributed by atoms with E-state index in [1.165, 1.54) is 6.20 Å². The molecule has 146 valence electrons. The van der Waals surface area contributed by atoms with Gasteiger partial charge in [-0.2, -0.15) is 0 Å². The molecule has 0 fully saturated rings. The Morgan fingerprint density at radius 3 is 2.93 bits per heavy atom. The zero-order chi connectivity index (χ0) is 19.9. The molecule has 3 aromatic heterocycles. The minimum atomic E-state index is 0.314. The fourth-order valence-corrected chi connectivity index (χ4v) is 2.68. The number of fused-ring (bicyclic) bond motifs is 1. The zero-order valence-electron chi connectivity index (χ0n) is 16.0. The Morgan fingerprint density at radius 2 is 2.18 bits per heavy atom. The second-order valence-corrected chi connectivity index (χ2v) is 6.00. The summed E-state index contributed by atoms with van der Waals surface area (Å²) >= 11 is 0. The number of ether oxygens (including phenoxy) is 1. The molecule has 0 saturated heterocycles. The van der Waals surface area contributed by atoms with E-state index < -0.39 is 0 Å². The van der Waals surface area contributed by atoms with Crippen molar-refractivity contribution in [3.63, 3.8) is 0 Å². The van der Waals surface area contributed by atoms with Crippen LogP contribution in [0, 0.1) is 0 Å². The third-order valence-electron chi connectivity index (χ3n) is 4.10. The molecule has 28 heavy (non-hydrogen) atoms. The molecule has 0 atom stereocenters. The highest BCUT2D eigenvalue weighted by molar-refractivity contribution is 6.08. The largest absolute Gasteiger partial charge is 0.404 e. The van der Waals surface area contributed by atoms with Gasteiger partial charge in [0.2, 0.25) is 0 Å². The van der Waals surface area contributed by atoms with Gasteiger partial charge in [-0.05, 0) is 18.6 Å². The maximum atomic E-state index is 5.97. The highest BCUT2D eigenvalue weighted by atomic mass is 16.5. The monoisotopic (exact) mass is 380 g/mol. The third-order valence-corrected chi connectivity index (χ3v) is 4.10. The molecular weight excluding hydrogens is 356 g/mol. The number of nitrogens with two attached hydrogens (primary N) is 2. The molecule has 0 unspecified atom stereocenters. The number of nitrogen functional groups attached to an aromatic ring is 1. The molecule has 0 saturated carbocycles. The van der Waals surface area contributed by atoms with Crippen molar-refractivity contribution in [2.24, 2.45) is 10.7 Å². The topological polar surface area (TPSA) is 129 Å². The summed E-state index contributed by atoms with van der Waals surface area (Å²) in [7, 11) is 1.67. The average molecular weight is 380 g/mol. The quantitative estimate of drug-likeness (QED) is 0.509. The van der Waals surface area contributed by atoms with E-state index in [9.17, 15) is 0 Å². The molecule has 0 aliphatic heterocycles. The van der Waals surface area contributed by atoms with Crippen LogP contribution in [0.3, 0.4) is 0 Å². The van der Waals surface area contributed by atoms with Crippen LogP contribution in [0.1, 0.15) is 23.9 Å². The number of aromatic nitrogens is 4. The Bertz CT molecular complexity index is 1010. The number of hydrogen-bond donors (Lipinski definition) is 3. The molecule has 3 aromatic rings. The van der Waals surface area contributed by atoms with E-state index in [-0.39, 0.29) is 0 Å². The van der Waals surface area contributed by atoms with E-state index in [1.54, 1.807) is 19.5 Å². The first-order valence-electron chi connectivity index (χ1n) is 8.89. The number of pyridine rings is 1. The molecule has 5 N–H and O–H groups in total. The number of allylic oxidation sites excluding steroid dienone is 1. The fraction of sp³-hybridized carbons (Fsp3) is 0.263. The molecule has 0 aliphatic rings. The molecule has 3 rings (SSSR count). The lowest BCUT2D eigenvalue weighted by Crippen LogP contribution is -2.09. The van der Waals surface area contributed by atoms with Gasteiger partial charge in [0.1, 0.15) is 5.65 Å². The number of hydrogen-bond acceptors (Lipinski definition) is 8. The molecule has 0 aliphatic carbocycles. The molecule has 0 amide bonds. The Kier molecular flexibility index (Phi) is 6.18. The molecule has 0 bridgehead atoms. The summed E-state index contributed by atoms with van der Waals surface area (Å²) in [5, 5.41) is 3.23. The highest BCUT2D eigenvalue weighted by Crippen LogP contribution is 2.18. The number of anilines is 2. The summed E-state index contributed by atoms with van der Waals surface area (Å²) in [6.07, 6.45) is 8.47. The van der Waals surface area contributed by atoms with Gasteiger partial charge in [0.15, 0.2) is 11.6 Å². The van der Waals surface area contributed by atoms with Gasteiger partial charge < -0.3 is 25.9 Å². The number of aliphatic imine (C=N–C) groups is 1. The Hall–Kier alpha value is -3.46. The van der Waals surface area contributed by atoms with E-state index in [4.69, 9.17) is 16.2 Å². The predicted octanol–water partition coefficient (Wildman–Crippen LogP) is 1.86. The molecule has 3 heterocycles. The zero-order valence-corrected chi connectivity index (χ0v) is 16.0. The molecule has 9 nitrogen and oxygen atoms in total. The minimum Gasteiger partial charge on any atom is -0.404 e. The van der Waals surface area contributed by atoms with Crippen LogP contribution in [0.4, 0.5) is 11.6 Å². The summed E-state index contributed by atoms with van der Waals surface area (Å²) in [6.45, 7) is 3.66. The van der Waals surface area contributed by atoms with E-state index >= 15 is 0 Å². The lowest BCUT2D eigenvalue weighted by Gasteiger charge is -2.11. The number of rotatable bonds is 8. The summed E-state index contributed by atoms with van der Waals surface area (Å²) in [6, 6.07) is 3.97. The van der Waals surface area contributed by atoms with Gasteiger partial charge in [-0.25, -0.2) is 15.0 Å². The lowest BCUT2D eigenvalue weighted by atomic mass is 10.2. The van der Waals surface area contributed by atoms with E-state index in [1.807, 2.05) is 35.9 Å². The van der Waals surface area contributed by atoms with Gasteiger partial charge in [-0.1, -0.05) is 6.07 Å². The molecular formula is C19H24N8O. The Labute approximate surface area is 163 Å². The molecule has 9 heteroatoms. The normalized spacial score (nSPS) is 12.1. The van der Waals surface area contributed by atoms with Gasteiger partial charge in [0.05, 0.1) is 30.4 Å². The number of nitrogens with one attached hydrogen (secondary N) is 1. The second-order valence-electron chi connectivity index (χ2n) is 6.00. The average Bonchev–Trinajstić information content (AvgIpc) is 3.12. The van der Waals surface area contributed by atoms with Crippen LogP contribution in [0.25, 0.3) is 11.2 Å². The van der Waals surface area contributed by atoms with Crippen LogP contribution in [0.15, 0.2) is 41.9 Å². The van der Waals surface area contributed by atoms with Crippen molar-refractivity contribution in [3.8, 4) is 0 Å². The van der Waals surface area contributed by atoms with E-state index in [2.05, 4.69) is 25.3 Å². The van der Waals surface area contributed by atoms with E-state index in [0.717, 1.165) is 16.9 Å². The van der Waals surface area contributed by atoms with Crippen molar-refractivity contribution in [1.29, 1.82) is 0 Å². The van der Waals surface area contributed by atoms with Crippen molar-refractivity contribution < 1.29 is 4.74 Å².